The van der Waals surface area contributed by atoms with E-state index in [2.05, 4.69) is 21.2 Å². The van der Waals surface area contributed by atoms with Crippen molar-refractivity contribution in [3.63, 3.8) is 0 Å². The first kappa shape index (κ1) is 10.5. The van der Waals surface area contributed by atoms with Crippen LogP contribution in [-0.2, 0) is 6.42 Å². The van der Waals surface area contributed by atoms with Crippen LogP contribution in [0.4, 0.5) is 4.39 Å². The maximum Gasteiger partial charge on any atom is 0.137 e. The Balaban J connectivity index is 2.96. The van der Waals surface area contributed by atoms with Gasteiger partial charge in [0.15, 0.2) is 0 Å². The van der Waals surface area contributed by atoms with Crippen LogP contribution in [0.2, 0.25) is 0 Å². The average molecular weight is 248 g/mol. The van der Waals surface area contributed by atoms with E-state index in [1.807, 2.05) is 7.05 Å². The van der Waals surface area contributed by atoms with Gasteiger partial charge < -0.3 is 10.4 Å². The molecule has 2 N–H and O–H groups in total. The number of phenols is 1. The zero-order valence-corrected chi connectivity index (χ0v) is 8.86. The lowest BCUT2D eigenvalue weighted by atomic mass is 10.1. The molecule has 0 atom stereocenters. The summed E-state index contributed by atoms with van der Waals surface area (Å²) < 4.78 is 13.4. The molecule has 0 radical (unpaired) electrons. The molecule has 0 aliphatic rings. The molecular weight excluding hydrogens is 237 g/mol. The summed E-state index contributed by atoms with van der Waals surface area (Å²) in [6.45, 7) is 0.704. The van der Waals surface area contributed by atoms with Gasteiger partial charge in [0.1, 0.15) is 11.6 Å². The van der Waals surface area contributed by atoms with Gasteiger partial charge in [-0.05, 0) is 48.1 Å². The molecule has 0 heterocycles. The first-order chi connectivity index (χ1) is 6.16. The molecule has 2 nitrogen and oxygen atoms in total. The quantitative estimate of drug-likeness (QED) is 0.858. The number of phenolic OH excluding ortho intramolecular Hbond substituents is 1. The predicted molar refractivity (Wildman–Crippen MR) is 53.4 cm³/mol. The number of benzene rings is 1. The number of rotatable bonds is 3. The monoisotopic (exact) mass is 247 g/mol. The lowest BCUT2D eigenvalue weighted by molar-refractivity contribution is 0.463. The number of nitrogens with one attached hydrogen (secondary N) is 1. The minimum absolute atomic E-state index is 0.128. The van der Waals surface area contributed by atoms with Gasteiger partial charge in [-0.3, -0.25) is 0 Å². The molecule has 1 aromatic carbocycles. The first-order valence-electron chi connectivity index (χ1n) is 3.97. The molecule has 0 saturated heterocycles. The van der Waals surface area contributed by atoms with Crippen molar-refractivity contribution in [2.75, 3.05) is 13.6 Å². The van der Waals surface area contributed by atoms with Crippen LogP contribution in [-0.4, -0.2) is 18.7 Å². The Labute approximate surface area is 84.9 Å². The van der Waals surface area contributed by atoms with Crippen LogP contribution in [0.25, 0.3) is 0 Å². The molecule has 72 valence electrons. The fourth-order valence-electron chi connectivity index (χ4n) is 1.07. The molecule has 0 fully saturated rings. The summed E-state index contributed by atoms with van der Waals surface area (Å²) in [7, 11) is 1.81. The van der Waals surface area contributed by atoms with Crippen LogP contribution >= 0.6 is 15.9 Å². The van der Waals surface area contributed by atoms with Gasteiger partial charge in [0.2, 0.25) is 0 Å². The molecule has 0 unspecified atom stereocenters. The maximum atomic E-state index is 13.0. The second kappa shape index (κ2) is 4.58. The predicted octanol–water partition coefficient (Wildman–Crippen LogP) is 2.06. The minimum atomic E-state index is -0.344. The van der Waals surface area contributed by atoms with Crippen molar-refractivity contribution in [2.24, 2.45) is 0 Å². The number of halogens is 2. The average Bonchev–Trinajstić information content (AvgIpc) is 2.12. The third-order valence-electron chi connectivity index (χ3n) is 1.80. The molecule has 4 heteroatoms. The van der Waals surface area contributed by atoms with Crippen LogP contribution in [0.5, 0.6) is 5.75 Å². The Morgan fingerprint density at radius 3 is 2.85 bits per heavy atom. The van der Waals surface area contributed by atoms with Crippen molar-refractivity contribution in [3.05, 3.63) is 28.0 Å². The van der Waals surface area contributed by atoms with Crippen LogP contribution in [0, 0.1) is 5.82 Å². The summed E-state index contributed by atoms with van der Waals surface area (Å²) >= 11 is 3.10. The van der Waals surface area contributed by atoms with E-state index in [0.717, 1.165) is 0 Å². The van der Waals surface area contributed by atoms with Gasteiger partial charge in [0.05, 0.1) is 4.47 Å². The van der Waals surface area contributed by atoms with Gasteiger partial charge in [-0.2, -0.15) is 0 Å². The highest BCUT2D eigenvalue weighted by Crippen LogP contribution is 2.28. The number of hydrogen-bond acceptors (Lipinski definition) is 2. The normalized spacial score (nSPS) is 10.4. The second-order valence-electron chi connectivity index (χ2n) is 2.71. The van der Waals surface area contributed by atoms with Crippen LogP contribution in [0.3, 0.4) is 0 Å². The van der Waals surface area contributed by atoms with E-state index in [0.29, 0.717) is 23.0 Å². The zero-order chi connectivity index (χ0) is 9.84. The number of aromatic hydroxyl groups is 1. The SMILES string of the molecule is CNCCc1c(O)ccc(F)c1Br. The van der Waals surface area contributed by atoms with E-state index >= 15 is 0 Å². The van der Waals surface area contributed by atoms with Crippen molar-refractivity contribution in [1.82, 2.24) is 5.32 Å². The standard InChI is InChI=1S/C9H11BrFNO/c1-12-5-4-6-8(13)3-2-7(11)9(6)10/h2-3,12-13H,4-5H2,1H3. The molecule has 0 aromatic heterocycles. The summed E-state index contributed by atoms with van der Waals surface area (Å²) in [5.41, 5.74) is 0.606. The molecule has 0 bridgehead atoms. The van der Waals surface area contributed by atoms with Gasteiger partial charge in [-0.1, -0.05) is 0 Å². The van der Waals surface area contributed by atoms with E-state index in [1.54, 1.807) is 0 Å². The van der Waals surface area contributed by atoms with Gasteiger partial charge in [0.25, 0.3) is 0 Å². The van der Waals surface area contributed by atoms with E-state index < -0.39 is 0 Å². The smallest absolute Gasteiger partial charge is 0.137 e. The third-order valence-corrected chi connectivity index (χ3v) is 2.65. The van der Waals surface area contributed by atoms with Crippen molar-refractivity contribution >= 4 is 15.9 Å². The van der Waals surface area contributed by atoms with E-state index in [9.17, 15) is 9.50 Å². The highest BCUT2D eigenvalue weighted by Gasteiger charge is 2.09. The molecule has 1 rings (SSSR count). The molecule has 13 heavy (non-hydrogen) atoms. The fraction of sp³-hybridized carbons (Fsp3) is 0.333. The topological polar surface area (TPSA) is 32.3 Å². The highest BCUT2D eigenvalue weighted by atomic mass is 79.9. The maximum absolute atomic E-state index is 13.0. The molecular formula is C9H11BrFNO. The largest absolute Gasteiger partial charge is 0.508 e. The van der Waals surface area contributed by atoms with Crippen molar-refractivity contribution in [1.29, 1.82) is 0 Å². The zero-order valence-electron chi connectivity index (χ0n) is 7.27. The molecule has 0 aliphatic heterocycles. The Hall–Kier alpha value is -0.610. The van der Waals surface area contributed by atoms with Crippen LogP contribution < -0.4 is 5.32 Å². The van der Waals surface area contributed by atoms with E-state index in [1.165, 1.54) is 12.1 Å². The minimum Gasteiger partial charge on any atom is -0.508 e. The Morgan fingerprint density at radius 2 is 2.23 bits per heavy atom. The van der Waals surface area contributed by atoms with Crippen molar-refractivity contribution in [2.45, 2.75) is 6.42 Å². The molecule has 0 spiro atoms. The first-order valence-corrected chi connectivity index (χ1v) is 4.76. The fourth-order valence-corrected chi connectivity index (χ4v) is 1.60. The van der Waals surface area contributed by atoms with E-state index in [4.69, 9.17) is 0 Å². The van der Waals surface area contributed by atoms with Gasteiger partial charge >= 0.3 is 0 Å². The Morgan fingerprint density at radius 1 is 1.54 bits per heavy atom. The number of likely N-dealkylation sites (N-methyl/N-ethyl adjacent to an activating group) is 1. The van der Waals surface area contributed by atoms with Crippen molar-refractivity contribution < 1.29 is 9.50 Å². The highest BCUT2D eigenvalue weighted by molar-refractivity contribution is 9.10. The van der Waals surface area contributed by atoms with Crippen LogP contribution in [0.1, 0.15) is 5.56 Å². The summed E-state index contributed by atoms with van der Waals surface area (Å²) in [6, 6.07) is 2.60. The lowest BCUT2D eigenvalue weighted by Gasteiger charge is -2.07. The Kier molecular flexibility index (Phi) is 3.69. The molecule has 0 saturated carbocycles. The molecule has 0 aliphatic carbocycles. The third kappa shape index (κ3) is 2.42. The van der Waals surface area contributed by atoms with Gasteiger partial charge in [-0.15, -0.1) is 0 Å². The molecule has 0 amide bonds. The summed E-state index contributed by atoms with van der Waals surface area (Å²) in [5, 5.41) is 12.4. The summed E-state index contributed by atoms with van der Waals surface area (Å²) in [5.74, 6) is -0.215. The summed E-state index contributed by atoms with van der Waals surface area (Å²) in [6.07, 6.45) is 0.598. The number of hydrogen-bond donors (Lipinski definition) is 2. The van der Waals surface area contributed by atoms with Crippen molar-refractivity contribution in [3.8, 4) is 5.75 Å². The van der Waals surface area contributed by atoms with Crippen LogP contribution in [0.15, 0.2) is 16.6 Å². The van der Waals surface area contributed by atoms with Gasteiger partial charge in [-0.25, -0.2) is 4.39 Å². The van der Waals surface area contributed by atoms with Gasteiger partial charge in [0, 0.05) is 5.56 Å². The molecule has 1 aromatic rings. The lowest BCUT2D eigenvalue weighted by Crippen LogP contribution is -2.11. The summed E-state index contributed by atoms with van der Waals surface area (Å²) in [4.78, 5) is 0. The van der Waals surface area contributed by atoms with E-state index in [-0.39, 0.29) is 11.6 Å². The Bertz CT molecular complexity index is 304. The second-order valence-corrected chi connectivity index (χ2v) is 3.51.